The summed E-state index contributed by atoms with van der Waals surface area (Å²) in [5.41, 5.74) is 1.01. The Morgan fingerprint density at radius 2 is 1.62 bits per heavy atom. The summed E-state index contributed by atoms with van der Waals surface area (Å²) in [6.45, 7) is 1.45. The van der Waals surface area contributed by atoms with Crippen LogP contribution in [-0.4, -0.2) is 35.0 Å². The van der Waals surface area contributed by atoms with Crippen molar-refractivity contribution in [3.8, 4) is 5.75 Å². The third kappa shape index (κ3) is 5.34. The quantitative estimate of drug-likeness (QED) is 0.645. The van der Waals surface area contributed by atoms with E-state index in [1.54, 1.807) is 30.3 Å². The fourth-order valence-corrected chi connectivity index (χ4v) is 2.30. The van der Waals surface area contributed by atoms with Crippen LogP contribution in [0.5, 0.6) is 5.75 Å². The lowest BCUT2D eigenvalue weighted by atomic mass is 10.1. The Kier molecular flexibility index (Phi) is 6.32. The monoisotopic (exact) mass is 355 g/mol. The Morgan fingerprint density at radius 1 is 1.00 bits per heavy atom. The van der Waals surface area contributed by atoms with Gasteiger partial charge in [-0.3, -0.25) is 9.59 Å². The molecule has 7 heteroatoms. The van der Waals surface area contributed by atoms with Crippen molar-refractivity contribution in [2.24, 2.45) is 0 Å². The van der Waals surface area contributed by atoms with Gasteiger partial charge in [0, 0.05) is 5.56 Å². The molecule has 0 saturated carbocycles. The minimum atomic E-state index is -1.40. The van der Waals surface area contributed by atoms with Gasteiger partial charge in [0.25, 0.3) is 5.91 Å². The van der Waals surface area contributed by atoms with Crippen molar-refractivity contribution in [1.29, 1.82) is 0 Å². The molecule has 2 aromatic carbocycles. The SMILES string of the molecule is C[C@H](NC(=O)c1ccc(O)cc1)C(=O)N[C@@H](Cc1ccccc1)C(=O)[O-]. The van der Waals surface area contributed by atoms with Crippen molar-refractivity contribution in [3.05, 3.63) is 65.7 Å². The van der Waals surface area contributed by atoms with Gasteiger partial charge < -0.3 is 25.6 Å². The molecular weight excluding hydrogens is 336 g/mol. The number of nitrogens with one attached hydrogen (secondary N) is 2. The highest BCUT2D eigenvalue weighted by Crippen LogP contribution is 2.09. The highest BCUT2D eigenvalue weighted by molar-refractivity contribution is 5.98. The summed E-state index contributed by atoms with van der Waals surface area (Å²) in [6, 6.07) is 12.2. The van der Waals surface area contributed by atoms with E-state index in [9.17, 15) is 24.6 Å². The van der Waals surface area contributed by atoms with Crippen LogP contribution in [0, 0.1) is 0 Å². The van der Waals surface area contributed by atoms with Crippen molar-refractivity contribution in [3.63, 3.8) is 0 Å². The van der Waals surface area contributed by atoms with Gasteiger partial charge in [0.2, 0.25) is 5.91 Å². The molecule has 0 radical (unpaired) electrons. The normalized spacial score (nSPS) is 12.7. The van der Waals surface area contributed by atoms with Crippen LogP contribution in [0.2, 0.25) is 0 Å². The average Bonchev–Trinajstić information content (AvgIpc) is 2.62. The molecule has 2 atom stereocenters. The van der Waals surface area contributed by atoms with Gasteiger partial charge in [0.15, 0.2) is 0 Å². The fourth-order valence-electron chi connectivity index (χ4n) is 2.30. The van der Waals surface area contributed by atoms with Crippen molar-refractivity contribution in [1.82, 2.24) is 10.6 Å². The van der Waals surface area contributed by atoms with Gasteiger partial charge in [0.1, 0.15) is 11.8 Å². The number of rotatable bonds is 7. The average molecular weight is 355 g/mol. The zero-order valence-corrected chi connectivity index (χ0v) is 14.1. The summed E-state index contributed by atoms with van der Waals surface area (Å²) in [5.74, 6) is -2.53. The molecule has 0 aliphatic heterocycles. The maximum Gasteiger partial charge on any atom is 0.251 e. The molecule has 0 aliphatic carbocycles. The van der Waals surface area contributed by atoms with E-state index >= 15 is 0 Å². The summed E-state index contributed by atoms with van der Waals surface area (Å²) in [7, 11) is 0. The van der Waals surface area contributed by atoms with Crippen molar-refractivity contribution < 1.29 is 24.6 Å². The number of phenols is 1. The van der Waals surface area contributed by atoms with Gasteiger partial charge in [0.05, 0.1) is 12.0 Å². The molecule has 0 fully saturated rings. The van der Waals surface area contributed by atoms with E-state index in [0.29, 0.717) is 0 Å². The number of hydrogen-bond donors (Lipinski definition) is 3. The summed E-state index contributed by atoms with van der Waals surface area (Å²) >= 11 is 0. The predicted octanol–water partition coefficient (Wildman–Crippen LogP) is -0.0121. The molecular formula is C19H19N2O5-. The third-order valence-electron chi connectivity index (χ3n) is 3.75. The first kappa shape index (κ1) is 19.0. The number of carbonyl (C=O) groups excluding carboxylic acids is 3. The predicted molar refractivity (Wildman–Crippen MR) is 92.1 cm³/mol. The second-order valence-electron chi connectivity index (χ2n) is 5.81. The topological polar surface area (TPSA) is 119 Å². The standard InChI is InChI=1S/C19H20N2O5/c1-12(20-18(24)14-7-9-15(22)10-8-14)17(23)21-16(19(25)26)11-13-5-3-2-4-6-13/h2-10,12,16,22H,11H2,1H3,(H,20,24)(H,21,23)(H,25,26)/p-1/t12-,16-/m0/s1. The van der Waals surface area contributed by atoms with Crippen LogP contribution in [0.1, 0.15) is 22.8 Å². The Bertz CT molecular complexity index is 774. The lowest BCUT2D eigenvalue weighted by molar-refractivity contribution is -0.308. The molecule has 0 spiro atoms. The van der Waals surface area contributed by atoms with E-state index in [1.165, 1.54) is 31.2 Å². The summed E-state index contributed by atoms with van der Waals surface area (Å²) < 4.78 is 0. The summed E-state index contributed by atoms with van der Waals surface area (Å²) in [4.78, 5) is 35.6. The number of amides is 2. The molecule has 0 aliphatic rings. The minimum Gasteiger partial charge on any atom is -0.548 e. The Labute approximate surface area is 150 Å². The smallest absolute Gasteiger partial charge is 0.251 e. The van der Waals surface area contributed by atoms with E-state index < -0.39 is 29.9 Å². The molecule has 0 saturated heterocycles. The second-order valence-corrected chi connectivity index (χ2v) is 5.81. The van der Waals surface area contributed by atoms with Crippen LogP contribution in [-0.2, 0) is 16.0 Å². The summed E-state index contributed by atoms with van der Waals surface area (Å²) in [6.07, 6.45) is 0.0769. The van der Waals surface area contributed by atoms with E-state index in [4.69, 9.17) is 0 Å². The first-order chi connectivity index (χ1) is 12.4. The maximum absolute atomic E-state index is 12.2. The zero-order chi connectivity index (χ0) is 19.1. The number of phenolic OH excluding ortho intramolecular Hbond substituents is 1. The van der Waals surface area contributed by atoms with Crippen LogP contribution < -0.4 is 15.7 Å². The number of aromatic hydroxyl groups is 1. The van der Waals surface area contributed by atoms with Crippen LogP contribution in [0.15, 0.2) is 54.6 Å². The van der Waals surface area contributed by atoms with Crippen LogP contribution in [0.3, 0.4) is 0 Å². The molecule has 2 aromatic rings. The number of hydrogen-bond acceptors (Lipinski definition) is 5. The van der Waals surface area contributed by atoms with Gasteiger partial charge >= 0.3 is 0 Å². The van der Waals surface area contributed by atoms with Crippen LogP contribution >= 0.6 is 0 Å². The van der Waals surface area contributed by atoms with E-state index in [0.717, 1.165) is 5.56 Å². The number of aliphatic carboxylic acids is 1. The third-order valence-corrected chi connectivity index (χ3v) is 3.75. The highest BCUT2D eigenvalue weighted by Gasteiger charge is 2.21. The first-order valence-electron chi connectivity index (χ1n) is 8.02. The maximum atomic E-state index is 12.2. The molecule has 0 unspecified atom stereocenters. The second kappa shape index (κ2) is 8.66. The number of carboxylic acid groups (broad SMARTS) is 1. The van der Waals surface area contributed by atoms with Crippen molar-refractivity contribution in [2.75, 3.05) is 0 Å². The van der Waals surface area contributed by atoms with E-state index in [2.05, 4.69) is 10.6 Å². The van der Waals surface area contributed by atoms with Crippen molar-refractivity contribution >= 4 is 17.8 Å². The Hall–Kier alpha value is -3.35. The highest BCUT2D eigenvalue weighted by atomic mass is 16.4. The molecule has 136 valence electrons. The van der Waals surface area contributed by atoms with Crippen molar-refractivity contribution in [2.45, 2.75) is 25.4 Å². The van der Waals surface area contributed by atoms with Crippen LogP contribution in [0.25, 0.3) is 0 Å². The van der Waals surface area contributed by atoms with E-state index in [-0.39, 0.29) is 17.7 Å². The first-order valence-corrected chi connectivity index (χ1v) is 8.02. The Balaban J connectivity index is 1.96. The molecule has 26 heavy (non-hydrogen) atoms. The van der Waals surface area contributed by atoms with Gasteiger partial charge in [-0.2, -0.15) is 0 Å². The number of benzene rings is 2. The number of carboxylic acids is 1. The van der Waals surface area contributed by atoms with Crippen LogP contribution in [0.4, 0.5) is 0 Å². The number of carbonyl (C=O) groups is 3. The zero-order valence-electron chi connectivity index (χ0n) is 14.1. The Morgan fingerprint density at radius 3 is 2.19 bits per heavy atom. The summed E-state index contributed by atoms with van der Waals surface area (Å²) in [5, 5.41) is 25.4. The van der Waals surface area contributed by atoms with Gasteiger partial charge in [-0.05, 0) is 43.2 Å². The molecule has 7 nitrogen and oxygen atoms in total. The van der Waals surface area contributed by atoms with Gasteiger partial charge in [-0.25, -0.2) is 0 Å². The minimum absolute atomic E-state index is 0.0186. The molecule has 2 rings (SSSR count). The molecule has 2 amide bonds. The fraction of sp³-hybridized carbons (Fsp3) is 0.211. The largest absolute Gasteiger partial charge is 0.548 e. The molecule has 0 bridgehead atoms. The van der Waals surface area contributed by atoms with Gasteiger partial charge in [-0.15, -0.1) is 0 Å². The van der Waals surface area contributed by atoms with Gasteiger partial charge in [-0.1, -0.05) is 30.3 Å². The lowest BCUT2D eigenvalue weighted by Gasteiger charge is -2.22. The molecule has 0 aromatic heterocycles. The van der Waals surface area contributed by atoms with E-state index in [1.807, 2.05) is 0 Å². The molecule has 0 heterocycles. The lowest BCUT2D eigenvalue weighted by Crippen LogP contribution is -2.54. The molecule has 3 N–H and O–H groups in total.